The molecule has 0 bridgehead atoms. The summed E-state index contributed by atoms with van der Waals surface area (Å²) in [7, 11) is 0. The molecule has 2 unspecified atom stereocenters. The van der Waals surface area contributed by atoms with Gasteiger partial charge in [0.05, 0.1) is 0 Å². The van der Waals surface area contributed by atoms with Crippen LogP contribution in [-0.4, -0.2) is 34.0 Å². The molecule has 0 radical (unpaired) electrons. The van der Waals surface area contributed by atoms with E-state index in [-0.39, 0.29) is 12.2 Å². The van der Waals surface area contributed by atoms with Crippen LogP contribution in [0.2, 0.25) is 0 Å². The molecule has 166 valence electrons. The van der Waals surface area contributed by atoms with E-state index in [4.69, 9.17) is 14.3 Å². The zero-order valence-corrected chi connectivity index (χ0v) is 17.4. The number of aliphatic hydroxyl groups is 2. The third-order valence-corrected chi connectivity index (χ3v) is 5.66. The summed E-state index contributed by atoms with van der Waals surface area (Å²) in [4.78, 5) is 23.0. The van der Waals surface area contributed by atoms with Gasteiger partial charge in [0.15, 0.2) is 0 Å². The van der Waals surface area contributed by atoms with Crippen LogP contribution in [0.3, 0.4) is 0 Å². The van der Waals surface area contributed by atoms with Gasteiger partial charge in [0, 0.05) is 17.0 Å². The Labute approximate surface area is 184 Å². The van der Waals surface area contributed by atoms with Crippen molar-refractivity contribution in [2.45, 2.75) is 37.9 Å². The fourth-order valence-electron chi connectivity index (χ4n) is 4.13. The molecular formula is C25H24O7. The molecule has 1 aliphatic carbocycles. The fraction of sp³-hybridized carbons (Fsp3) is 0.280. The van der Waals surface area contributed by atoms with Crippen LogP contribution < -0.4 is 10.4 Å². The summed E-state index contributed by atoms with van der Waals surface area (Å²) in [5, 5.41) is 31.0. The van der Waals surface area contributed by atoms with Crippen LogP contribution in [0.15, 0.2) is 57.8 Å². The first-order chi connectivity index (χ1) is 15.4. The zero-order valence-electron chi connectivity index (χ0n) is 17.4. The lowest BCUT2D eigenvalue weighted by Gasteiger charge is -2.23. The average Bonchev–Trinajstić information content (AvgIpc) is 2.80. The molecule has 3 N–H and O–H groups in total. The Morgan fingerprint density at radius 1 is 1.09 bits per heavy atom. The van der Waals surface area contributed by atoms with Crippen LogP contribution in [0.25, 0.3) is 17.0 Å². The number of rotatable bonds is 7. The van der Waals surface area contributed by atoms with Gasteiger partial charge in [-0.05, 0) is 66.6 Å². The SMILES string of the molecule is O=C(O)/C=C\c1cccc(OCC(O)C(O)c2cccc3oc(=O)c4c(c23)CCCC4)c1. The quantitative estimate of drug-likeness (QED) is 0.384. The molecule has 32 heavy (non-hydrogen) atoms. The van der Waals surface area contributed by atoms with Crippen LogP contribution in [-0.2, 0) is 17.6 Å². The van der Waals surface area contributed by atoms with Gasteiger partial charge in [-0.25, -0.2) is 9.59 Å². The van der Waals surface area contributed by atoms with E-state index in [1.54, 1.807) is 42.5 Å². The Kier molecular flexibility index (Phi) is 6.39. The number of carboxylic acids is 1. The molecule has 0 saturated heterocycles. The van der Waals surface area contributed by atoms with Gasteiger partial charge in [0.2, 0.25) is 0 Å². The Morgan fingerprint density at radius 3 is 2.62 bits per heavy atom. The average molecular weight is 436 g/mol. The lowest BCUT2D eigenvalue weighted by Crippen LogP contribution is -2.26. The van der Waals surface area contributed by atoms with E-state index in [1.807, 2.05) is 0 Å². The van der Waals surface area contributed by atoms with Gasteiger partial charge in [-0.3, -0.25) is 0 Å². The second kappa shape index (κ2) is 9.38. The van der Waals surface area contributed by atoms with Gasteiger partial charge in [-0.15, -0.1) is 0 Å². The largest absolute Gasteiger partial charge is 0.491 e. The van der Waals surface area contributed by atoms with Crippen molar-refractivity contribution >= 4 is 23.0 Å². The third kappa shape index (κ3) is 4.59. The van der Waals surface area contributed by atoms with Crippen LogP contribution in [0, 0.1) is 0 Å². The Bertz CT molecular complexity index is 1220. The van der Waals surface area contributed by atoms with Crippen molar-refractivity contribution in [1.29, 1.82) is 0 Å². The lowest BCUT2D eigenvalue weighted by molar-refractivity contribution is -0.131. The minimum absolute atomic E-state index is 0.178. The molecular weight excluding hydrogens is 412 g/mol. The number of hydrogen-bond donors (Lipinski definition) is 3. The first-order valence-corrected chi connectivity index (χ1v) is 10.5. The van der Waals surface area contributed by atoms with Crippen molar-refractivity contribution in [3.8, 4) is 5.75 Å². The number of benzene rings is 2. The highest BCUT2D eigenvalue weighted by molar-refractivity contribution is 5.86. The summed E-state index contributed by atoms with van der Waals surface area (Å²) >= 11 is 0. The second-order valence-electron chi connectivity index (χ2n) is 7.84. The predicted molar refractivity (Wildman–Crippen MR) is 119 cm³/mol. The van der Waals surface area contributed by atoms with Crippen molar-refractivity contribution in [3.63, 3.8) is 0 Å². The maximum Gasteiger partial charge on any atom is 0.339 e. The molecule has 0 saturated carbocycles. The van der Waals surface area contributed by atoms with Crippen molar-refractivity contribution in [3.05, 3.63) is 81.2 Å². The maximum absolute atomic E-state index is 12.3. The number of hydrogen-bond acceptors (Lipinski definition) is 6. The van der Waals surface area contributed by atoms with Gasteiger partial charge in [-0.1, -0.05) is 24.3 Å². The first kappa shape index (κ1) is 21.8. The summed E-state index contributed by atoms with van der Waals surface area (Å²) in [6, 6.07) is 11.9. The molecule has 0 fully saturated rings. The first-order valence-electron chi connectivity index (χ1n) is 10.5. The van der Waals surface area contributed by atoms with Crippen LogP contribution in [0.1, 0.15) is 41.2 Å². The lowest BCUT2D eigenvalue weighted by atomic mass is 9.87. The Hall–Kier alpha value is -3.42. The topological polar surface area (TPSA) is 117 Å². The molecule has 3 aromatic rings. The molecule has 0 aliphatic heterocycles. The predicted octanol–water partition coefficient (Wildman–Crippen LogP) is 3.24. The van der Waals surface area contributed by atoms with Crippen molar-refractivity contribution in [1.82, 2.24) is 0 Å². The molecule has 7 heteroatoms. The Balaban J connectivity index is 1.56. The highest BCUT2D eigenvalue weighted by Gasteiger charge is 2.26. The molecule has 4 rings (SSSR count). The van der Waals surface area contributed by atoms with Gasteiger partial charge in [0.25, 0.3) is 0 Å². The van der Waals surface area contributed by atoms with E-state index in [2.05, 4.69) is 0 Å². The van der Waals surface area contributed by atoms with Crippen molar-refractivity contribution < 1.29 is 29.3 Å². The summed E-state index contributed by atoms with van der Waals surface area (Å²) in [5.74, 6) is -0.618. The van der Waals surface area contributed by atoms with E-state index in [9.17, 15) is 19.8 Å². The molecule has 0 spiro atoms. The summed E-state index contributed by atoms with van der Waals surface area (Å²) in [5.41, 5.74) is 2.75. The van der Waals surface area contributed by atoms with Crippen molar-refractivity contribution in [2.24, 2.45) is 0 Å². The smallest absolute Gasteiger partial charge is 0.339 e. The number of fused-ring (bicyclic) bond motifs is 3. The van der Waals surface area contributed by atoms with E-state index >= 15 is 0 Å². The molecule has 1 aromatic heterocycles. The van der Waals surface area contributed by atoms with Crippen LogP contribution >= 0.6 is 0 Å². The summed E-state index contributed by atoms with van der Waals surface area (Å²) in [6.07, 6.45) is 3.24. The molecule has 7 nitrogen and oxygen atoms in total. The molecule has 2 aromatic carbocycles. The monoisotopic (exact) mass is 436 g/mol. The highest BCUT2D eigenvalue weighted by Crippen LogP contribution is 2.33. The van der Waals surface area contributed by atoms with Gasteiger partial charge in [-0.2, -0.15) is 0 Å². The third-order valence-electron chi connectivity index (χ3n) is 5.66. The van der Waals surface area contributed by atoms with E-state index < -0.39 is 18.2 Å². The normalized spacial score (nSPS) is 15.4. The molecule has 1 aliphatic rings. The molecule has 1 heterocycles. The maximum atomic E-state index is 12.3. The number of aryl methyl sites for hydroxylation is 1. The standard InChI is InChI=1S/C25H24O7/c26-20(14-31-16-6-3-5-15(13-16)11-12-22(27)28)24(29)19-9-4-10-21-23(19)17-7-1-2-8-18(17)25(30)32-21/h3-6,9-13,20,24,26,29H,1-2,7-8,14H2,(H,27,28)/b12-11-. The number of ether oxygens (including phenoxy) is 1. The number of carboxylic acid groups (broad SMARTS) is 1. The number of aliphatic carboxylic acids is 1. The minimum Gasteiger partial charge on any atom is -0.491 e. The number of carbonyl (C=O) groups is 1. The van der Waals surface area contributed by atoms with Gasteiger partial charge >= 0.3 is 11.6 Å². The fourth-order valence-corrected chi connectivity index (χ4v) is 4.13. The molecule has 0 amide bonds. The van der Waals surface area contributed by atoms with Gasteiger partial charge < -0.3 is 24.5 Å². The second-order valence-corrected chi connectivity index (χ2v) is 7.84. The summed E-state index contributed by atoms with van der Waals surface area (Å²) in [6.45, 7) is -0.178. The Morgan fingerprint density at radius 2 is 1.84 bits per heavy atom. The highest BCUT2D eigenvalue weighted by atomic mass is 16.5. The van der Waals surface area contributed by atoms with Crippen LogP contribution in [0.5, 0.6) is 5.75 Å². The summed E-state index contributed by atoms with van der Waals surface area (Å²) < 4.78 is 11.1. The van der Waals surface area contributed by atoms with Crippen molar-refractivity contribution in [2.75, 3.05) is 6.61 Å². The van der Waals surface area contributed by atoms with Crippen LogP contribution in [0.4, 0.5) is 0 Å². The van der Waals surface area contributed by atoms with E-state index in [0.29, 0.717) is 39.8 Å². The minimum atomic E-state index is -1.24. The molecule has 2 atom stereocenters. The number of aliphatic hydroxyl groups excluding tert-OH is 2. The van der Waals surface area contributed by atoms with Gasteiger partial charge in [0.1, 0.15) is 30.1 Å². The van der Waals surface area contributed by atoms with E-state index in [1.165, 1.54) is 6.08 Å². The zero-order chi connectivity index (χ0) is 22.7. The van der Waals surface area contributed by atoms with E-state index in [0.717, 1.165) is 30.9 Å².